The second kappa shape index (κ2) is 7.68. The number of hydrogen-bond donors (Lipinski definition) is 1. The number of amides is 1. The van der Waals surface area contributed by atoms with E-state index in [1.54, 1.807) is 6.92 Å². The van der Waals surface area contributed by atoms with E-state index < -0.39 is 6.10 Å². The topological polar surface area (TPSA) is 56.8 Å². The van der Waals surface area contributed by atoms with Crippen molar-refractivity contribution in [3.05, 3.63) is 53.1 Å². The minimum atomic E-state index is -0.587. The molecule has 0 bridgehead atoms. The molecule has 0 saturated heterocycles. The molecule has 26 heavy (non-hydrogen) atoms. The molecule has 5 nitrogen and oxygen atoms in total. The van der Waals surface area contributed by atoms with Crippen molar-refractivity contribution in [2.75, 3.05) is 13.2 Å². The van der Waals surface area contributed by atoms with Crippen LogP contribution in [0.1, 0.15) is 36.6 Å². The van der Waals surface area contributed by atoms with E-state index in [0.717, 1.165) is 28.4 Å². The summed E-state index contributed by atoms with van der Waals surface area (Å²) in [6.07, 6.45) is -0.587. The first kappa shape index (κ1) is 18.1. The molecule has 0 spiro atoms. The first-order valence-electron chi connectivity index (χ1n) is 8.88. The van der Waals surface area contributed by atoms with Crippen LogP contribution in [-0.2, 0) is 4.79 Å². The predicted octanol–water partition coefficient (Wildman–Crippen LogP) is 3.72. The van der Waals surface area contributed by atoms with Gasteiger partial charge in [-0.2, -0.15) is 0 Å². The number of nitrogens with one attached hydrogen (secondary N) is 1. The normalized spacial score (nSPS) is 15.1. The van der Waals surface area contributed by atoms with Gasteiger partial charge in [0.1, 0.15) is 19.0 Å². The van der Waals surface area contributed by atoms with Crippen molar-refractivity contribution in [3.8, 4) is 17.2 Å². The van der Waals surface area contributed by atoms with E-state index in [9.17, 15) is 4.79 Å². The molecule has 2 aromatic carbocycles. The van der Waals surface area contributed by atoms with Crippen LogP contribution in [0.4, 0.5) is 0 Å². The minimum absolute atomic E-state index is 0.160. The fourth-order valence-corrected chi connectivity index (χ4v) is 2.92. The number of aryl methyl sites for hydroxylation is 2. The van der Waals surface area contributed by atoms with Crippen molar-refractivity contribution >= 4 is 5.91 Å². The molecule has 0 radical (unpaired) electrons. The maximum absolute atomic E-state index is 12.5. The highest BCUT2D eigenvalue weighted by Crippen LogP contribution is 2.32. The van der Waals surface area contributed by atoms with Crippen LogP contribution in [0.25, 0.3) is 0 Å². The highest BCUT2D eigenvalue weighted by Gasteiger charge is 2.20. The molecule has 1 aliphatic rings. The van der Waals surface area contributed by atoms with Crippen LogP contribution in [0, 0.1) is 13.8 Å². The molecule has 1 N–H and O–H groups in total. The molecule has 2 atom stereocenters. The van der Waals surface area contributed by atoms with Crippen molar-refractivity contribution in [3.63, 3.8) is 0 Å². The van der Waals surface area contributed by atoms with Crippen LogP contribution < -0.4 is 19.5 Å². The molecule has 5 heteroatoms. The van der Waals surface area contributed by atoms with Crippen molar-refractivity contribution in [2.45, 2.75) is 39.8 Å². The van der Waals surface area contributed by atoms with Gasteiger partial charge in [0, 0.05) is 0 Å². The Hall–Kier alpha value is -2.69. The van der Waals surface area contributed by atoms with Crippen LogP contribution >= 0.6 is 0 Å². The van der Waals surface area contributed by atoms with Crippen LogP contribution in [0.5, 0.6) is 17.2 Å². The first-order chi connectivity index (χ1) is 12.4. The van der Waals surface area contributed by atoms with Gasteiger partial charge in [0.15, 0.2) is 17.6 Å². The van der Waals surface area contributed by atoms with Gasteiger partial charge in [-0.25, -0.2) is 0 Å². The fraction of sp³-hybridized carbons (Fsp3) is 0.381. The third kappa shape index (κ3) is 4.10. The Labute approximate surface area is 154 Å². The number of rotatable bonds is 5. The average molecular weight is 355 g/mol. The third-order valence-corrected chi connectivity index (χ3v) is 4.43. The number of hydrogen-bond acceptors (Lipinski definition) is 4. The molecule has 0 aromatic heterocycles. The summed E-state index contributed by atoms with van der Waals surface area (Å²) in [5.74, 6) is 2.03. The third-order valence-electron chi connectivity index (χ3n) is 4.43. The summed E-state index contributed by atoms with van der Waals surface area (Å²) >= 11 is 0. The standard InChI is InChI=1S/C21H25NO4/c1-13-5-7-18(14(2)11-13)26-16(4)21(23)22-15(3)17-6-8-19-20(12-17)25-10-9-24-19/h5-8,11-12,15-16H,9-10H2,1-4H3,(H,22,23)/t15-,16-/m1/s1. The maximum atomic E-state index is 12.5. The van der Waals surface area contributed by atoms with Crippen molar-refractivity contribution < 1.29 is 19.0 Å². The summed E-state index contributed by atoms with van der Waals surface area (Å²) in [5.41, 5.74) is 3.14. The Bertz CT molecular complexity index is 803. The Morgan fingerprint density at radius 3 is 2.50 bits per heavy atom. The van der Waals surface area contributed by atoms with E-state index in [4.69, 9.17) is 14.2 Å². The van der Waals surface area contributed by atoms with Gasteiger partial charge < -0.3 is 19.5 Å². The van der Waals surface area contributed by atoms with Gasteiger partial charge in [0.25, 0.3) is 5.91 Å². The van der Waals surface area contributed by atoms with Gasteiger partial charge in [-0.1, -0.05) is 23.8 Å². The lowest BCUT2D eigenvalue weighted by Crippen LogP contribution is -2.37. The highest BCUT2D eigenvalue weighted by atomic mass is 16.6. The largest absolute Gasteiger partial charge is 0.486 e. The smallest absolute Gasteiger partial charge is 0.261 e. The molecular formula is C21H25NO4. The number of carbonyl (C=O) groups is 1. The number of carbonyl (C=O) groups excluding carboxylic acids is 1. The van der Waals surface area contributed by atoms with Crippen molar-refractivity contribution in [1.29, 1.82) is 0 Å². The number of ether oxygens (including phenoxy) is 3. The zero-order valence-corrected chi connectivity index (χ0v) is 15.7. The summed E-state index contributed by atoms with van der Waals surface area (Å²) in [7, 11) is 0. The van der Waals surface area contributed by atoms with Crippen molar-refractivity contribution in [1.82, 2.24) is 5.32 Å². The van der Waals surface area contributed by atoms with Crippen LogP contribution in [-0.4, -0.2) is 25.2 Å². The molecule has 2 aromatic rings. The van der Waals surface area contributed by atoms with E-state index in [-0.39, 0.29) is 11.9 Å². The fourth-order valence-electron chi connectivity index (χ4n) is 2.92. The zero-order chi connectivity index (χ0) is 18.7. The molecule has 0 aliphatic carbocycles. The van der Waals surface area contributed by atoms with E-state index in [1.165, 1.54) is 5.56 Å². The monoisotopic (exact) mass is 355 g/mol. The van der Waals surface area contributed by atoms with E-state index in [1.807, 2.05) is 57.2 Å². The number of fused-ring (bicyclic) bond motifs is 1. The van der Waals surface area contributed by atoms with E-state index in [0.29, 0.717) is 13.2 Å². The Balaban J connectivity index is 1.63. The molecule has 1 aliphatic heterocycles. The SMILES string of the molecule is Cc1ccc(O[C@H](C)C(=O)N[C@H](C)c2ccc3c(c2)OCCO3)c(C)c1. The quantitative estimate of drug-likeness (QED) is 0.888. The molecule has 0 unspecified atom stereocenters. The minimum Gasteiger partial charge on any atom is -0.486 e. The highest BCUT2D eigenvalue weighted by molar-refractivity contribution is 5.81. The second-order valence-electron chi connectivity index (χ2n) is 6.66. The van der Waals surface area contributed by atoms with Gasteiger partial charge >= 0.3 is 0 Å². The molecule has 3 rings (SSSR count). The lowest BCUT2D eigenvalue weighted by Gasteiger charge is -2.22. The number of benzene rings is 2. The Morgan fingerprint density at radius 2 is 1.77 bits per heavy atom. The second-order valence-corrected chi connectivity index (χ2v) is 6.66. The Kier molecular flexibility index (Phi) is 5.35. The molecule has 1 amide bonds. The molecule has 1 heterocycles. The van der Waals surface area contributed by atoms with E-state index in [2.05, 4.69) is 5.32 Å². The molecular weight excluding hydrogens is 330 g/mol. The molecule has 0 saturated carbocycles. The van der Waals surface area contributed by atoms with E-state index >= 15 is 0 Å². The van der Waals surface area contributed by atoms with Crippen molar-refractivity contribution in [2.24, 2.45) is 0 Å². The summed E-state index contributed by atoms with van der Waals surface area (Å²) in [5, 5.41) is 2.99. The van der Waals surface area contributed by atoms with Crippen LogP contribution in [0.2, 0.25) is 0 Å². The lowest BCUT2D eigenvalue weighted by atomic mass is 10.1. The first-order valence-corrected chi connectivity index (χ1v) is 8.88. The van der Waals surface area contributed by atoms with Gasteiger partial charge in [0.05, 0.1) is 6.04 Å². The molecule has 138 valence electrons. The van der Waals surface area contributed by atoms with Gasteiger partial charge in [-0.05, 0) is 57.0 Å². The maximum Gasteiger partial charge on any atom is 0.261 e. The predicted molar refractivity (Wildman–Crippen MR) is 100.0 cm³/mol. The summed E-state index contributed by atoms with van der Waals surface area (Å²) in [6, 6.07) is 11.5. The van der Waals surface area contributed by atoms with Crippen LogP contribution in [0.15, 0.2) is 36.4 Å². The average Bonchev–Trinajstić information content (AvgIpc) is 2.63. The zero-order valence-electron chi connectivity index (χ0n) is 15.7. The lowest BCUT2D eigenvalue weighted by molar-refractivity contribution is -0.127. The van der Waals surface area contributed by atoms with Gasteiger partial charge in [-0.3, -0.25) is 4.79 Å². The van der Waals surface area contributed by atoms with Crippen LogP contribution in [0.3, 0.4) is 0 Å². The summed E-state index contributed by atoms with van der Waals surface area (Å²) in [6.45, 7) is 8.80. The molecule has 0 fully saturated rings. The Morgan fingerprint density at radius 1 is 1.04 bits per heavy atom. The van der Waals surface area contributed by atoms with Gasteiger partial charge in [0.2, 0.25) is 0 Å². The van der Waals surface area contributed by atoms with Gasteiger partial charge in [-0.15, -0.1) is 0 Å². The summed E-state index contributed by atoms with van der Waals surface area (Å²) < 4.78 is 17.0. The summed E-state index contributed by atoms with van der Waals surface area (Å²) in [4.78, 5) is 12.5.